The number of halogens is 2. The number of carbonyl (C=O) groups excluding carboxylic acids is 2. The second-order valence-corrected chi connectivity index (χ2v) is 16.8. The SMILES string of the molecule is COc1ccc(COc2nc(N3CC4C(C3)C4OC(=O)c3cnc(N4CC5CC5C4)nc3OCc3ccc(OC)c(Cl)c3)ncc2C(=O)NC2CCC(O)CC2)cc1Cl. The lowest BCUT2D eigenvalue weighted by atomic mass is 9.93. The Bertz CT molecular complexity index is 2220. The maximum atomic E-state index is 13.7. The highest BCUT2D eigenvalue weighted by atomic mass is 35.5. The van der Waals surface area contributed by atoms with Gasteiger partial charge in [0, 0.05) is 50.3 Å². The van der Waals surface area contributed by atoms with E-state index in [9.17, 15) is 14.7 Å². The third-order valence-corrected chi connectivity index (χ3v) is 12.7. The molecular formula is C42H45Cl2N7O8. The summed E-state index contributed by atoms with van der Waals surface area (Å²) in [5.74, 6) is 2.88. The van der Waals surface area contributed by atoms with Gasteiger partial charge >= 0.3 is 5.97 Å². The Morgan fingerprint density at radius 3 is 1.83 bits per heavy atom. The Balaban J connectivity index is 0.872. The molecule has 2 N–H and O–H groups in total. The van der Waals surface area contributed by atoms with E-state index in [2.05, 4.69) is 20.2 Å². The summed E-state index contributed by atoms with van der Waals surface area (Å²) in [5, 5.41) is 13.9. The molecule has 9 rings (SSSR count). The fourth-order valence-electron chi connectivity index (χ4n) is 8.48. The minimum Gasteiger partial charge on any atom is -0.495 e. The van der Waals surface area contributed by atoms with Crippen LogP contribution >= 0.6 is 23.2 Å². The van der Waals surface area contributed by atoms with Gasteiger partial charge in [-0.25, -0.2) is 14.8 Å². The third kappa shape index (κ3) is 8.50. The van der Waals surface area contributed by atoms with E-state index in [-0.39, 0.29) is 72.1 Å². The molecule has 2 saturated heterocycles. The molecule has 0 bridgehead atoms. The van der Waals surface area contributed by atoms with Gasteiger partial charge in [-0.1, -0.05) is 35.3 Å². The van der Waals surface area contributed by atoms with Gasteiger partial charge in [-0.15, -0.1) is 0 Å². The predicted molar refractivity (Wildman–Crippen MR) is 217 cm³/mol. The summed E-state index contributed by atoms with van der Waals surface area (Å²) in [6, 6.07) is 10.6. The first-order chi connectivity index (χ1) is 28.6. The second-order valence-electron chi connectivity index (χ2n) is 16.0. The molecule has 1 amide bonds. The highest BCUT2D eigenvalue weighted by Gasteiger charge is 2.59. The number of rotatable bonds is 14. The second kappa shape index (κ2) is 16.5. The van der Waals surface area contributed by atoms with Crippen LogP contribution in [-0.4, -0.2) is 95.6 Å². The molecule has 3 aliphatic carbocycles. The minimum atomic E-state index is -0.553. The predicted octanol–water partition coefficient (Wildman–Crippen LogP) is 5.53. The lowest BCUT2D eigenvalue weighted by Gasteiger charge is -2.26. The molecule has 310 valence electrons. The van der Waals surface area contributed by atoms with Gasteiger partial charge in [0.2, 0.25) is 23.7 Å². The van der Waals surface area contributed by atoms with E-state index in [0.717, 1.165) is 24.2 Å². The number of hydrogen-bond donors (Lipinski definition) is 2. The number of nitrogens with one attached hydrogen (secondary N) is 1. The number of benzene rings is 2. The summed E-state index contributed by atoms with van der Waals surface area (Å²) < 4.78 is 29.0. The zero-order chi connectivity index (χ0) is 40.8. The highest BCUT2D eigenvalue weighted by Crippen LogP contribution is 2.49. The van der Waals surface area contributed by atoms with Crippen LogP contribution in [0.5, 0.6) is 23.3 Å². The maximum Gasteiger partial charge on any atom is 0.345 e. The molecular weight excluding hydrogens is 801 g/mol. The largest absolute Gasteiger partial charge is 0.495 e. The number of methoxy groups -OCH3 is 2. The number of fused-ring (bicyclic) bond motifs is 2. The van der Waals surface area contributed by atoms with Crippen molar-refractivity contribution in [1.82, 2.24) is 25.3 Å². The Morgan fingerprint density at radius 1 is 0.763 bits per heavy atom. The Morgan fingerprint density at radius 2 is 1.29 bits per heavy atom. The zero-order valence-corrected chi connectivity index (χ0v) is 34.2. The molecule has 0 radical (unpaired) electrons. The number of carbonyl (C=O) groups is 2. The number of esters is 1. The smallest absolute Gasteiger partial charge is 0.345 e. The van der Waals surface area contributed by atoms with Crippen LogP contribution in [0.4, 0.5) is 11.9 Å². The molecule has 5 fully saturated rings. The third-order valence-electron chi connectivity index (χ3n) is 12.1. The highest BCUT2D eigenvalue weighted by molar-refractivity contribution is 6.32. The van der Waals surface area contributed by atoms with Crippen molar-refractivity contribution >= 4 is 47.0 Å². The summed E-state index contributed by atoms with van der Waals surface area (Å²) in [4.78, 5) is 50.0. The molecule has 2 aromatic carbocycles. The molecule has 4 aromatic rings. The first kappa shape index (κ1) is 39.3. The molecule has 4 unspecified atom stereocenters. The molecule has 15 nitrogen and oxygen atoms in total. The average Bonchev–Trinajstić information content (AvgIpc) is 3.99. The van der Waals surface area contributed by atoms with Crippen molar-refractivity contribution in [3.63, 3.8) is 0 Å². The topological polar surface area (TPSA) is 171 Å². The van der Waals surface area contributed by atoms with E-state index in [1.807, 2.05) is 17.0 Å². The molecule has 2 aromatic heterocycles. The zero-order valence-electron chi connectivity index (χ0n) is 32.7. The van der Waals surface area contributed by atoms with E-state index < -0.39 is 5.97 Å². The molecule has 59 heavy (non-hydrogen) atoms. The number of nitrogens with zero attached hydrogens (tertiary/aromatic N) is 6. The van der Waals surface area contributed by atoms with Crippen molar-refractivity contribution in [2.45, 2.75) is 63.6 Å². The molecule has 2 aliphatic heterocycles. The van der Waals surface area contributed by atoms with Gasteiger partial charge in [0.15, 0.2) is 0 Å². The van der Waals surface area contributed by atoms with Crippen molar-refractivity contribution in [2.24, 2.45) is 23.7 Å². The Kier molecular flexibility index (Phi) is 11.0. The van der Waals surface area contributed by atoms with Crippen molar-refractivity contribution < 1.29 is 38.4 Å². The molecule has 4 atom stereocenters. The van der Waals surface area contributed by atoms with Gasteiger partial charge in [0.05, 0.1) is 36.6 Å². The van der Waals surface area contributed by atoms with Crippen molar-refractivity contribution in [3.8, 4) is 23.3 Å². The minimum absolute atomic E-state index is 0.0558. The van der Waals surface area contributed by atoms with E-state index in [1.54, 1.807) is 38.5 Å². The van der Waals surface area contributed by atoms with E-state index in [1.165, 1.54) is 18.8 Å². The maximum absolute atomic E-state index is 13.7. The summed E-state index contributed by atoms with van der Waals surface area (Å²) >= 11 is 12.7. The summed E-state index contributed by atoms with van der Waals surface area (Å²) in [7, 11) is 3.10. The van der Waals surface area contributed by atoms with Crippen LogP contribution in [-0.2, 0) is 18.0 Å². The van der Waals surface area contributed by atoms with Gasteiger partial charge in [0.1, 0.15) is 41.9 Å². The van der Waals surface area contributed by atoms with Crippen LogP contribution in [0.3, 0.4) is 0 Å². The number of aromatic nitrogens is 4. The lowest BCUT2D eigenvalue weighted by molar-refractivity contribution is 0.0421. The summed E-state index contributed by atoms with van der Waals surface area (Å²) in [6.07, 6.45) is 6.19. The standard InChI is InChI=1S/C42H45Cl2N7O8/c1-55-34-9-3-22(11-32(34)43)20-57-38-28(37(53)47-26-5-7-27(52)8-6-26)14-45-42(48-38)51-18-30-31(19-51)36(30)59-40(54)29-15-46-41(50-16-24-13-25(24)17-50)49-39(29)58-21-23-4-10-35(56-2)33(44)12-23/h3-4,9-12,14-15,24-27,30-31,36,52H,5-8,13,16-21H2,1-2H3,(H,47,53). The first-order valence-electron chi connectivity index (χ1n) is 20.0. The van der Waals surface area contributed by atoms with Crippen molar-refractivity contribution in [1.29, 1.82) is 0 Å². The fourth-order valence-corrected chi connectivity index (χ4v) is 9.04. The summed E-state index contributed by atoms with van der Waals surface area (Å²) in [6.45, 7) is 3.09. The quantitative estimate of drug-likeness (QED) is 0.152. The van der Waals surface area contributed by atoms with Crippen molar-refractivity contribution in [2.75, 3.05) is 50.2 Å². The normalized spacial score (nSPS) is 25.1. The van der Waals surface area contributed by atoms with Crippen LogP contribution in [0, 0.1) is 23.7 Å². The molecule has 3 saturated carbocycles. The number of amides is 1. The number of anilines is 2. The monoisotopic (exact) mass is 845 g/mol. The van der Waals surface area contributed by atoms with Gasteiger partial charge in [-0.05, 0) is 79.3 Å². The Labute approximate surface area is 351 Å². The van der Waals surface area contributed by atoms with Crippen LogP contribution < -0.4 is 34.1 Å². The molecule has 17 heteroatoms. The number of piperidine rings is 2. The van der Waals surface area contributed by atoms with E-state index in [0.29, 0.717) is 84.0 Å². The molecule has 0 spiro atoms. The lowest BCUT2D eigenvalue weighted by Crippen LogP contribution is -2.39. The first-order valence-corrected chi connectivity index (χ1v) is 20.7. The van der Waals surface area contributed by atoms with Gasteiger partial charge < -0.3 is 43.9 Å². The van der Waals surface area contributed by atoms with Crippen LogP contribution in [0.15, 0.2) is 48.8 Å². The van der Waals surface area contributed by atoms with Crippen LogP contribution in [0.25, 0.3) is 0 Å². The molecule has 5 aliphatic rings. The number of ether oxygens (including phenoxy) is 5. The number of aliphatic hydroxyl groups excluding tert-OH is 1. The number of aliphatic hydroxyl groups is 1. The van der Waals surface area contributed by atoms with Crippen LogP contribution in [0.1, 0.15) is 63.9 Å². The average molecular weight is 847 g/mol. The number of hydrogen-bond acceptors (Lipinski definition) is 14. The summed E-state index contributed by atoms with van der Waals surface area (Å²) in [5.41, 5.74) is 1.91. The fraction of sp³-hybridized carbons (Fsp3) is 0.476. The van der Waals surface area contributed by atoms with Crippen LogP contribution in [0.2, 0.25) is 10.0 Å². The van der Waals surface area contributed by atoms with E-state index >= 15 is 0 Å². The van der Waals surface area contributed by atoms with Gasteiger partial charge in [0.25, 0.3) is 5.91 Å². The van der Waals surface area contributed by atoms with Crippen molar-refractivity contribution in [3.05, 3.63) is 81.1 Å². The Hall–Kier alpha value is -5.12. The molecule has 4 heterocycles. The van der Waals surface area contributed by atoms with Gasteiger partial charge in [-0.2, -0.15) is 9.97 Å². The van der Waals surface area contributed by atoms with E-state index in [4.69, 9.17) is 56.9 Å². The van der Waals surface area contributed by atoms with Gasteiger partial charge in [-0.3, -0.25) is 4.79 Å².